The number of hydrogen-bond donors (Lipinski definition) is 3. The Kier molecular flexibility index (Phi) is 2.32. The summed E-state index contributed by atoms with van der Waals surface area (Å²) in [5, 5.41) is 8.92. The lowest BCUT2D eigenvalue weighted by molar-refractivity contribution is 0.102. The molecule has 76 valence electrons. The monoisotopic (exact) mass is 203 g/mol. The lowest BCUT2D eigenvalue weighted by Gasteiger charge is -2.01. The molecule has 0 radical (unpaired) electrons. The minimum Gasteiger partial charge on any atom is -0.397 e. The first-order valence-corrected chi connectivity index (χ1v) is 4.28. The number of H-pyrrole nitrogens is 1. The number of nitrogens with zero attached hydrogens (tertiary/aromatic N) is 2. The number of pyridine rings is 1. The van der Waals surface area contributed by atoms with E-state index in [1.165, 1.54) is 6.20 Å². The number of nitrogen functional groups attached to an aromatic ring is 1. The molecule has 6 heteroatoms. The molecule has 0 saturated carbocycles. The lowest BCUT2D eigenvalue weighted by Crippen LogP contribution is -2.13. The fourth-order valence-corrected chi connectivity index (χ4v) is 1.05. The van der Waals surface area contributed by atoms with E-state index in [2.05, 4.69) is 20.5 Å². The van der Waals surface area contributed by atoms with Crippen molar-refractivity contribution in [3.63, 3.8) is 0 Å². The first-order chi connectivity index (χ1) is 7.25. The molecule has 0 saturated heterocycles. The van der Waals surface area contributed by atoms with Gasteiger partial charge in [-0.1, -0.05) is 0 Å². The van der Waals surface area contributed by atoms with E-state index in [-0.39, 0.29) is 5.91 Å². The summed E-state index contributed by atoms with van der Waals surface area (Å²) in [4.78, 5) is 15.4. The first-order valence-electron chi connectivity index (χ1n) is 4.28. The van der Waals surface area contributed by atoms with Crippen molar-refractivity contribution in [2.75, 3.05) is 11.1 Å². The molecular formula is C9H9N5O. The molecular weight excluding hydrogens is 194 g/mol. The number of aromatic amines is 1. The molecule has 0 fully saturated rings. The topological polar surface area (TPSA) is 96.7 Å². The maximum Gasteiger partial charge on any atom is 0.275 e. The summed E-state index contributed by atoms with van der Waals surface area (Å²) >= 11 is 0. The van der Waals surface area contributed by atoms with Crippen molar-refractivity contribution in [3.8, 4) is 0 Å². The summed E-state index contributed by atoms with van der Waals surface area (Å²) in [5.41, 5.74) is 6.28. The third-order valence-electron chi connectivity index (χ3n) is 1.77. The quantitative estimate of drug-likeness (QED) is 0.667. The molecule has 2 heterocycles. The maximum absolute atomic E-state index is 11.6. The molecule has 0 unspecified atom stereocenters. The number of nitrogens with two attached hydrogens (primary N) is 1. The van der Waals surface area contributed by atoms with Crippen molar-refractivity contribution >= 4 is 17.4 Å². The molecule has 6 nitrogen and oxygen atoms in total. The molecule has 0 spiro atoms. The Morgan fingerprint density at radius 2 is 2.27 bits per heavy atom. The van der Waals surface area contributed by atoms with Crippen molar-refractivity contribution in [3.05, 3.63) is 36.3 Å². The Hall–Kier alpha value is -2.37. The fourth-order valence-electron chi connectivity index (χ4n) is 1.05. The second-order valence-corrected chi connectivity index (χ2v) is 2.90. The average molecular weight is 203 g/mol. The van der Waals surface area contributed by atoms with Crippen LogP contribution in [-0.2, 0) is 0 Å². The zero-order valence-electron chi connectivity index (χ0n) is 7.77. The molecule has 2 aromatic rings. The molecule has 1 amide bonds. The van der Waals surface area contributed by atoms with Crippen molar-refractivity contribution in [2.24, 2.45) is 0 Å². The number of hydrogen-bond acceptors (Lipinski definition) is 4. The molecule has 2 rings (SSSR count). The predicted molar refractivity (Wildman–Crippen MR) is 55.2 cm³/mol. The van der Waals surface area contributed by atoms with Gasteiger partial charge in [-0.2, -0.15) is 5.10 Å². The predicted octanol–water partition coefficient (Wildman–Crippen LogP) is 0.639. The second-order valence-electron chi connectivity index (χ2n) is 2.90. The van der Waals surface area contributed by atoms with E-state index in [0.717, 1.165) is 0 Å². The molecule has 2 aromatic heterocycles. The van der Waals surface area contributed by atoms with Crippen LogP contribution in [0.25, 0.3) is 0 Å². The molecule has 0 aliphatic carbocycles. The van der Waals surface area contributed by atoms with Gasteiger partial charge in [0.1, 0.15) is 11.5 Å². The van der Waals surface area contributed by atoms with Gasteiger partial charge in [0.25, 0.3) is 5.91 Å². The summed E-state index contributed by atoms with van der Waals surface area (Å²) < 4.78 is 0. The SMILES string of the molecule is Nc1ccc(C(=O)Nc2ccn[nH]2)nc1. The van der Waals surface area contributed by atoms with Crippen LogP contribution in [-0.4, -0.2) is 21.1 Å². The third kappa shape index (κ3) is 2.11. The van der Waals surface area contributed by atoms with Crippen molar-refractivity contribution in [1.82, 2.24) is 15.2 Å². The van der Waals surface area contributed by atoms with Gasteiger partial charge in [0.05, 0.1) is 18.1 Å². The summed E-state index contributed by atoms with van der Waals surface area (Å²) in [6.07, 6.45) is 2.98. The highest BCUT2D eigenvalue weighted by Crippen LogP contribution is 2.05. The van der Waals surface area contributed by atoms with Gasteiger partial charge < -0.3 is 11.1 Å². The number of carbonyl (C=O) groups is 1. The number of rotatable bonds is 2. The highest BCUT2D eigenvalue weighted by Gasteiger charge is 2.07. The number of anilines is 2. The summed E-state index contributed by atoms with van der Waals surface area (Å²) in [6.45, 7) is 0. The summed E-state index contributed by atoms with van der Waals surface area (Å²) in [5.74, 6) is 0.220. The van der Waals surface area contributed by atoms with Gasteiger partial charge in [0.2, 0.25) is 0 Å². The van der Waals surface area contributed by atoms with Crippen molar-refractivity contribution in [2.45, 2.75) is 0 Å². The zero-order valence-corrected chi connectivity index (χ0v) is 7.77. The van der Waals surface area contributed by atoms with Gasteiger partial charge in [-0.15, -0.1) is 0 Å². The molecule has 0 aliphatic rings. The Bertz CT molecular complexity index is 448. The van der Waals surface area contributed by atoms with Gasteiger partial charge in [-0.3, -0.25) is 9.89 Å². The Balaban J connectivity index is 2.11. The van der Waals surface area contributed by atoms with Gasteiger partial charge in [-0.05, 0) is 12.1 Å². The summed E-state index contributed by atoms with van der Waals surface area (Å²) in [7, 11) is 0. The van der Waals surface area contributed by atoms with Gasteiger partial charge in [-0.25, -0.2) is 4.98 Å². The number of carbonyl (C=O) groups excluding carboxylic acids is 1. The summed E-state index contributed by atoms with van der Waals surface area (Å²) in [6, 6.07) is 4.82. The van der Waals surface area contributed by atoms with E-state index < -0.39 is 0 Å². The van der Waals surface area contributed by atoms with Crippen LogP contribution in [0.3, 0.4) is 0 Å². The molecule has 0 atom stereocenters. The Morgan fingerprint density at radius 1 is 1.40 bits per heavy atom. The van der Waals surface area contributed by atoms with Crippen LogP contribution >= 0.6 is 0 Å². The molecule has 0 aromatic carbocycles. The Labute approximate surface area is 85.5 Å². The second kappa shape index (κ2) is 3.79. The van der Waals surface area contributed by atoms with Crippen LogP contribution in [0.15, 0.2) is 30.6 Å². The highest BCUT2D eigenvalue weighted by molar-refractivity contribution is 6.02. The zero-order chi connectivity index (χ0) is 10.7. The third-order valence-corrected chi connectivity index (χ3v) is 1.77. The minimum absolute atomic E-state index is 0.304. The van der Waals surface area contributed by atoms with E-state index in [0.29, 0.717) is 17.2 Å². The van der Waals surface area contributed by atoms with Crippen LogP contribution in [0.1, 0.15) is 10.5 Å². The fraction of sp³-hybridized carbons (Fsp3) is 0. The van der Waals surface area contributed by atoms with Gasteiger partial charge in [0.15, 0.2) is 0 Å². The van der Waals surface area contributed by atoms with Gasteiger partial charge >= 0.3 is 0 Å². The lowest BCUT2D eigenvalue weighted by atomic mass is 10.3. The highest BCUT2D eigenvalue weighted by atomic mass is 16.1. The molecule has 0 aliphatic heterocycles. The van der Waals surface area contributed by atoms with Crippen LogP contribution < -0.4 is 11.1 Å². The van der Waals surface area contributed by atoms with Crippen LogP contribution in [0.4, 0.5) is 11.5 Å². The molecule has 0 bridgehead atoms. The van der Waals surface area contributed by atoms with Crippen molar-refractivity contribution in [1.29, 1.82) is 0 Å². The largest absolute Gasteiger partial charge is 0.397 e. The average Bonchev–Trinajstić information content (AvgIpc) is 2.71. The number of nitrogens with one attached hydrogen (secondary N) is 2. The van der Waals surface area contributed by atoms with E-state index in [1.807, 2.05) is 0 Å². The maximum atomic E-state index is 11.6. The van der Waals surface area contributed by atoms with Crippen molar-refractivity contribution < 1.29 is 4.79 Å². The normalized spacial score (nSPS) is 9.87. The molecule has 15 heavy (non-hydrogen) atoms. The van der Waals surface area contributed by atoms with E-state index in [9.17, 15) is 4.79 Å². The minimum atomic E-state index is -0.306. The number of amides is 1. The number of aromatic nitrogens is 3. The van der Waals surface area contributed by atoms with Gasteiger partial charge in [0, 0.05) is 6.07 Å². The van der Waals surface area contributed by atoms with E-state index in [1.54, 1.807) is 24.4 Å². The standard InChI is InChI=1S/C9H9N5O/c10-6-1-2-7(11-5-6)9(15)13-8-3-4-12-14-8/h1-5H,10H2,(H2,12,13,14,15). The Morgan fingerprint density at radius 3 is 2.87 bits per heavy atom. The van der Waals surface area contributed by atoms with Crippen LogP contribution in [0.2, 0.25) is 0 Å². The van der Waals surface area contributed by atoms with E-state index in [4.69, 9.17) is 5.73 Å². The van der Waals surface area contributed by atoms with E-state index >= 15 is 0 Å². The smallest absolute Gasteiger partial charge is 0.275 e. The first kappa shape index (κ1) is 9.20. The van der Waals surface area contributed by atoms with Crippen LogP contribution in [0.5, 0.6) is 0 Å². The molecule has 4 N–H and O–H groups in total. The van der Waals surface area contributed by atoms with Crippen LogP contribution in [0, 0.1) is 0 Å².